The van der Waals surface area contributed by atoms with Crippen molar-refractivity contribution in [1.29, 1.82) is 0 Å². The highest BCUT2D eigenvalue weighted by molar-refractivity contribution is 9.10. The summed E-state index contributed by atoms with van der Waals surface area (Å²) in [6.45, 7) is 0. The molecule has 0 fully saturated rings. The van der Waals surface area contributed by atoms with Crippen molar-refractivity contribution in [1.82, 2.24) is 0 Å². The van der Waals surface area contributed by atoms with Crippen LogP contribution in [0.4, 0.5) is 0 Å². The fraction of sp³-hybridized carbons (Fsp3) is 0.400. The Labute approximate surface area is 91.2 Å². The summed E-state index contributed by atoms with van der Waals surface area (Å²) in [6, 6.07) is 6.62. The summed E-state index contributed by atoms with van der Waals surface area (Å²) in [4.78, 5) is 1.35. The number of benzene rings is 1. The van der Waals surface area contributed by atoms with Gasteiger partial charge in [0.25, 0.3) is 0 Å². The molecule has 70 valence electrons. The molecule has 1 unspecified atom stereocenters. The number of rotatable bonds is 0. The van der Waals surface area contributed by atoms with Crippen molar-refractivity contribution in [2.75, 3.05) is 5.75 Å². The number of fused-ring (bicyclic) bond motifs is 1. The van der Waals surface area contributed by atoms with E-state index < -0.39 is 0 Å². The molecule has 1 aliphatic rings. The van der Waals surface area contributed by atoms with E-state index in [9.17, 15) is 0 Å². The van der Waals surface area contributed by atoms with Gasteiger partial charge in [0.2, 0.25) is 0 Å². The molecular weight excluding hydrogens is 246 g/mol. The molecular formula is C10H12BrNS. The molecule has 1 aliphatic heterocycles. The van der Waals surface area contributed by atoms with Crippen molar-refractivity contribution >= 4 is 27.7 Å². The molecule has 2 N–H and O–H groups in total. The molecule has 0 saturated carbocycles. The quantitative estimate of drug-likeness (QED) is 0.772. The molecule has 0 aromatic heterocycles. The predicted octanol–water partition coefficient (Wildman–Crippen LogP) is 3.33. The normalized spacial score (nSPS) is 22.2. The van der Waals surface area contributed by atoms with E-state index in [1.807, 2.05) is 11.8 Å². The minimum absolute atomic E-state index is 0.225. The summed E-state index contributed by atoms with van der Waals surface area (Å²) < 4.78 is 1.13. The minimum atomic E-state index is 0.225. The van der Waals surface area contributed by atoms with Gasteiger partial charge in [-0.2, -0.15) is 0 Å². The lowest BCUT2D eigenvalue weighted by atomic mass is 10.0. The Morgan fingerprint density at radius 2 is 2.31 bits per heavy atom. The SMILES string of the molecule is NC1CCCSc2ccc(Br)cc21. The second kappa shape index (κ2) is 4.03. The average Bonchev–Trinajstić information content (AvgIpc) is 2.29. The van der Waals surface area contributed by atoms with Crippen LogP contribution in [0.5, 0.6) is 0 Å². The molecule has 1 nitrogen and oxygen atoms in total. The molecule has 0 bridgehead atoms. The smallest absolute Gasteiger partial charge is 0.0306 e. The number of hydrogen-bond donors (Lipinski definition) is 1. The van der Waals surface area contributed by atoms with Crippen LogP contribution in [0.3, 0.4) is 0 Å². The second-order valence-electron chi connectivity index (χ2n) is 3.28. The van der Waals surface area contributed by atoms with Crippen LogP contribution in [0.15, 0.2) is 27.6 Å². The fourth-order valence-corrected chi connectivity index (χ4v) is 3.03. The molecule has 0 radical (unpaired) electrons. The van der Waals surface area contributed by atoms with Gasteiger partial charge in [-0.15, -0.1) is 11.8 Å². The standard InChI is InChI=1S/C10H12BrNS/c11-7-3-4-10-8(6-7)9(12)2-1-5-13-10/h3-4,6,9H,1-2,5,12H2. The van der Waals surface area contributed by atoms with Crippen LogP contribution < -0.4 is 5.73 Å². The monoisotopic (exact) mass is 257 g/mol. The zero-order chi connectivity index (χ0) is 9.26. The highest BCUT2D eigenvalue weighted by Gasteiger charge is 2.15. The zero-order valence-electron chi connectivity index (χ0n) is 7.29. The summed E-state index contributed by atoms with van der Waals surface area (Å²) in [6.07, 6.45) is 2.33. The largest absolute Gasteiger partial charge is 0.324 e. The Bertz CT molecular complexity index is 314. The van der Waals surface area contributed by atoms with E-state index in [1.54, 1.807) is 0 Å². The lowest BCUT2D eigenvalue weighted by Gasteiger charge is -2.11. The van der Waals surface area contributed by atoms with E-state index in [4.69, 9.17) is 5.73 Å². The molecule has 0 amide bonds. The van der Waals surface area contributed by atoms with Crippen molar-refractivity contribution in [3.63, 3.8) is 0 Å². The molecule has 1 aromatic carbocycles. The maximum absolute atomic E-state index is 6.08. The van der Waals surface area contributed by atoms with E-state index in [1.165, 1.54) is 22.6 Å². The van der Waals surface area contributed by atoms with Gasteiger partial charge in [0.15, 0.2) is 0 Å². The van der Waals surface area contributed by atoms with Crippen molar-refractivity contribution in [2.45, 2.75) is 23.8 Å². The molecule has 0 spiro atoms. The van der Waals surface area contributed by atoms with E-state index >= 15 is 0 Å². The summed E-state index contributed by atoms with van der Waals surface area (Å²) in [5.41, 5.74) is 7.38. The molecule has 1 atom stereocenters. The molecule has 3 heteroatoms. The first-order chi connectivity index (χ1) is 6.27. The Hall–Kier alpha value is 0.01000. The highest BCUT2D eigenvalue weighted by Crippen LogP contribution is 2.34. The predicted molar refractivity (Wildman–Crippen MR) is 61.0 cm³/mol. The second-order valence-corrected chi connectivity index (χ2v) is 5.33. The van der Waals surface area contributed by atoms with Gasteiger partial charge < -0.3 is 5.73 Å². The Morgan fingerprint density at radius 1 is 1.46 bits per heavy atom. The number of nitrogens with two attached hydrogens (primary N) is 1. The van der Waals surface area contributed by atoms with Crippen LogP contribution in [0.25, 0.3) is 0 Å². The fourth-order valence-electron chi connectivity index (χ4n) is 1.58. The lowest BCUT2D eigenvalue weighted by Crippen LogP contribution is -2.09. The summed E-state index contributed by atoms with van der Waals surface area (Å²) >= 11 is 5.40. The molecule has 13 heavy (non-hydrogen) atoms. The van der Waals surface area contributed by atoms with Crippen LogP contribution in [0.1, 0.15) is 24.4 Å². The Balaban J connectivity index is 2.43. The van der Waals surface area contributed by atoms with Gasteiger partial charge in [0, 0.05) is 15.4 Å². The van der Waals surface area contributed by atoms with Gasteiger partial charge >= 0.3 is 0 Å². The molecule has 1 heterocycles. The average molecular weight is 258 g/mol. The van der Waals surface area contributed by atoms with Crippen molar-refractivity contribution in [3.8, 4) is 0 Å². The van der Waals surface area contributed by atoms with E-state index in [0.29, 0.717) is 0 Å². The number of hydrogen-bond acceptors (Lipinski definition) is 2. The minimum Gasteiger partial charge on any atom is -0.324 e. The van der Waals surface area contributed by atoms with Crippen LogP contribution in [-0.2, 0) is 0 Å². The Kier molecular flexibility index (Phi) is 2.96. The van der Waals surface area contributed by atoms with Gasteiger partial charge in [-0.3, -0.25) is 0 Å². The lowest BCUT2D eigenvalue weighted by molar-refractivity contribution is 0.640. The first-order valence-electron chi connectivity index (χ1n) is 4.45. The first-order valence-corrected chi connectivity index (χ1v) is 6.23. The zero-order valence-corrected chi connectivity index (χ0v) is 9.70. The maximum atomic E-state index is 6.08. The summed E-state index contributed by atoms with van der Waals surface area (Å²) in [5.74, 6) is 1.20. The number of halogens is 1. The third-order valence-electron chi connectivity index (χ3n) is 2.29. The van der Waals surface area contributed by atoms with Crippen molar-refractivity contribution < 1.29 is 0 Å². The van der Waals surface area contributed by atoms with Crippen LogP contribution >= 0.6 is 27.7 Å². The summed E-state index contributed by atoms with van der Waals surface area (Å²) in [7, 11) is 0. The summed E-state index contributed by atoms with van der Waals surface area (Å²) in [5, 5.41) is 0. The highest BCUT2D eigenvalue weighted by atomic mass is 79.9. The van der Waals surface area contributed by atoms with Gasteiger partial charge in [-0.25, -0.2) is 0 Å². The van der Waals surface area contributed by atoms with Crippen LogP contribution in [-0.4, -0.2) is 5.75 Å². The molecule has 0 aliphatic carbocycles. The van der Waals surface area contributed by atoms with Crippen LogP contribution in [0, 0.1) is 0 Å². The van der Waals surface area contributed by atoms with E-state index in [-0.39, 0.29) is 6.04 Å². The van der Waals surface area contributed by atoms with E-state index in [0.717, 1.165) is 10.9 Å². The molecule has 2 rings (SSSR count). The molecule has 0 saturated heterocycles. The third-order valence-corrected chi connectivity index (χ3v) is 3.96. The van der Waals surface area contributed by atoms with Crippen molar-refractivity contribution in [3.05, 3.63) is 28.2 Å². The van der Waals surface area contributed by atoms with Crippen molar-refractivity contribution in [2.24, 2.45) is 5.73 Å². The Morgan fingerprint density at radius 3 is 3.15 bits per heavy atom. The van der Waals surface area contributed by atoms with Gasteiger partial charge in [-0.1, -0.05) is 15.9 Å². The van der Waals surface area contributed by atoms with Gasteiger partial charge in [-0.05, 0) is 42.4 Å². The first kappa shape index (κ1) is 9.56. The van der Waals surface area contributed by atoms with Crippen LogP contribution in [0.2, 0.25) is 0 Å². The topological polar surface area (TPSA) is 26.0 Å². The van der Waals surface area contributed by atoms with E-state index in [2.05, 4.69) is 34.1 Å². The van der Waals surface area contributed by atoms with Gasteiger partial charge in [0.05, 0.1) is 0 Å². The van der Waals surface area contributed by atoms with Gasteiger partial charge in [0.1, 0.15) is 0 Å². The maximum Gasteiger partial charge on any atom is 0.0306 e. The molecule has 1 aromatic rings. The third kappa shape index (κ3) is 2.09. The number of thioether (sulfide) groups is 1.